The largest absolute Gasteiger partial charge is 0.493 e. The third-order valence-corrected chi connectivity index (χ3v) is 3.94. The molecule has 20 heavy (non-hydrogen) atoms. The molecule has 112 valence electrons. The average Bonchev–Trinajstić information content (AvgIpc) is 2.52. The molecule has 0 unspecified atom stereocenters. The first kappa shape index (κ1) is 15.0. The van der Waals surface area contributed by atoms with E-state index in [9.17, 15) is 0 Å². The van der Waals surface area contributed by atoms with Gasteiger partial charge in [-0.25, -0.2) is 0 Å². The third kappa shape index (κ3) is 3.57. The minimum atomic E-state index is 0.454. The number of hydrogen-bond acceptors (Lipinski definition) is 4. The van der Waals surface area contributed by atoms with Gasteiger partial charge in [-0.1, -0.05) is 19.3 Å². The van der Waals surface area contributed by atoms with Crippen molar-refractivity contribution in [1.29, 1.82) is 0 Å². The van der Waals surface area contributed by atoms with Crippen molar-refractivity contribution in [2.24, 2.45) is 11.7 Å². The Balaban J connectivity index is 2.11. The van der Waals surface area contributed by atoms with E-state index in [1.165, 1.54) is 32.1 Å². The van der Waals surface area contributed by atoms with Crippen LogP contribution in [-0.2, 0) is 6.54 Å². The van der Waals surface area contributed by atoms with Gasteiger partial charge in [-0.15, -0.1) is 0 Å². The second-order valence-corrected chi connectivity index (χ2v) is 5.35. The zero-order chi connectivity index (χ0) is 14.4. The summed E-state index contributed by atoms with van der Waals surface area (Å²) in [5.74, 6) is 2.73. The molecule has 2 N–H and O–H groups in total. The van der Waals surface area contributed by atoms with Crippen LogP contribution in [0, 0.1) is 5.92 Å². The molecule has 0 radical (unpaired) electrons. The van der Waals surface area contributed by atoms with E-state index in [-0.39, 0.29) is 0 Å². The van der Waals surface area contributed by atoms with E-state index < -0.39 is 0 Å². The lowest BCUT2D eigenvalue weighted by molar-refractivity contribution is 0.195. The molecule has 0 aliphatic heterocycles. The summed E-state index contributed by atoms with van der Waals surface area (Å²) < 4.78 is 16.8. The fraction of sp³-hybridized carbons (Fsp3) is 0.625. The molecule has 0 bridgehead atoms. The van der Waals surface area contributed by atoms with Crippen LogP contribution in [0.1, 0.15) is 37.7 Å². The molecule has 4 heteroatoms. The zero-order valence-corrected chi connectivity index (χ0v) is 12.5. The maximum Gasteiger partial charge on any atom is 0.203 e. The lowest BCUT2D eigenvalue weighted by atomic mass is 9.90. The van der Waals surface area contributed by atoms with Crippen LogP contribution in [0.15, 0.2) is 12.1 Å². The molecule has 1 aliphatic carbocycles. The van der Waals surface area contributed by atoms with Gasteiger partial charge in [-0.05, 0) is 36.5 Å². The predicted molar refractivity (Wildman–Crippen MR) is 79.5 cm³/mol. The first-order valence-corrected chi connectivity index (χ1v) is 7.36. The zero-order valence-electron chi connectivity index (χ0n) is 12.5. The Bertz CT molecular complexity index is 403. The number of benzene rings is 1. The summed E-state index contributed by atoms with van der Waals surface area (Å²) in [4.78, 5) is 0. The monoisotopic (exact) mass is 279 g/mol. The summed E-state index contributed by atoms with van der Waals surface area (Å²) in [5, 5.41) is 0. The Morgan fingerprint density at radius 2 is 1.65 bits per heavy atom. The Labute approximate surface area is 121 Å². The number of nitrogens with two attached hydrogens (primary N) is 1. The number of hydrogen-bond donors (Lipinski definition) is 1. The second-order valence-electron chi connectivity index (χ2n) is 5.35. The van der Waals surface area contributed by atoms with Gasteiger partial charge in [0.25, 0.3) is 0 Å². The topological polar surface area (TPSA) is 53.7 Å². The summed E-state index contributed by atoms with van der Waals surface area (Å²) in [6, 6.07) is 3.83. The van der Waals surface area contributed by atoms with Gasteiger partial charge in [-0.3, -0.25) is 0 Å². The molecule has 0 saturated heterocycles. The smallest absolute Gasteiger partial charge is 0.203 e. The fourth-order valence-electron chi connectivity index (χ4n) is 2.75. The molecule has 1 aromatic carbocycles. The van der Waals surface area contributed by atoms with E-state index in [1.54, 1.807) is 14.2 Å². The molecule has 0 amide bonds. The Morgan fingerprint density at radius 3 is 2.15 bits per heavy atom. The maximum atomic E-state index is 6.00. The molecule has 1 aromatic rings. The van der Waals surface area contributed by atoms with Gasteiger partial charge in [0.05, 0.1) is 20.8 Å². The van der Waals surface area contributed by atoms with Crippen LogP contribution in [0.4, 0.5) is 0 Å². The van der Waals surface area contributed by atoms with Gasteiger partial charge >= 0.3 is 0 Å². The minimum Gasteiger partial charge on any atom is -0.493 e. The molecule has 1 fully saturated rings. The third-order valence-electron chi connectivity index (χ3n) is 3.94. The van der Waals surface area contributed by atoms with Crippen LogP contribution in [0.3, 0.4) is 0 Å². The van der Waals surface area contributed by atoms with Crippen molar-refractivity contribution in [1.82, 2.24) is 0 Å². The highest BCUT2D eigenvalue weighted by Gasteiger charge is 2.18. The highest BCUT2D eigenvalue weighted by molar-refractivity contribution is 5.53. The Kier molecular flexibility index (Phi) is 5.53. The molecule has 4 nitrogen and oxygen atoms in total. The van der Waals surface area contributed by atoms with E-state index in [1.807, 2.05) is 12.1 Å². The predicted octanol–water partition coefficient (Wildman–Crippen LogP) is 3.12. The van der Waals surface area contributed by atoms with Gasteiger partial charge in [0.15, 0.2) is 11.5 Å². The molecule has 0 heterocycles. The van der Waals surface area contributed by atoms with Crippen molar-refractivity contribution in [3.63, 3.8) is 0 Å². The van der Waals surface area contributed by atoms with Crippen LogP contribution in [-0.4, -0.2) is 20.8 Å². The average molecular weight is 279 g/mol. The highest BCUT2D eigenvalue weighted by atomic mass is 16.5. The van der Waals surface area contributed by atoms with Crippen LogP contribution in [0.25, 0.3) is 0 Å². The normalized spacial score (nSPS) is 15.9. The first-order valence-electron chi connectivity index (χ1n) is 7.36. The molecule has 1 saturated carbocycles. The summed E-state index contributed by atoms with van der Waals surface area (Å²) in [5.41, 5.74) is 6.66. The summed E-state index contributed by atoms with van der Waals surface area (Å²) >= 11 is 0. The standard InChI is InChI=1S/C16H25NO3/c1-18-14-8-13(10-17)9-15(19-2)16(14)20-11-12-6-4-3-5-7-12/h8-9,12H,3-7,10-11,17H2,1-2H3. The number of ether oxygens (including phenoxy) is 3. The highest BCUT2D eigenvalue weighted by Crippen LogP contribution is 2.39. The van der Waals surface area contributed by atoms with E-state index in [2.05, 4.69) is 0 Å². The minimum absolute atomic E-state index is 0.454. The van der Waals surface area contributed by atoms with Crippen molar-refractivity contribution in [2.75, 3.05) is 20.8 Å². The van der Waals surface area contributed by atoms with E-state index in [0.29, 0.717) is 29.7 Å². The van der Waals surface area contributed by atoms with Gasteiger partial charge in [0.1, 0.15) is 0 Å². The van der Waals surface area contributed by atoms with E-state index in [4.69, 9.17) is 19.9 Å². The second kappa shape index (κ2) is 7.39. The van der Waals surface area contributed by atoms with Crippen LogP contribution >= 0.6 is 0 Å². The molecule has 1 aliphatic rings. The molecule has 0 atom stereocenters. The Morgan fingerprint density at radius 1 is 1.05 bits per heavy atom. The maximum absolute atomic E-state index is 6.00. The van der Waals surface area contributed by atoms with Crippen molar-refractivity contribution >= 4 is 0 Å². The van der Waals surface area contributed by atoms with Crippen LogP contribution < -0.4 is 19.9 Å². The summed E-state index contributed by atoms with van der Waals surface area (Å²) in [6.07, 6.45) is 6.49. The van der Waals surface area contributed by atoms with E-state index >= 15 is 0 Å². The molecule has 2 rings (SSSR count). The van der Waals surface area contributed by atoms with Crippen molar-refractivity contribution < 1.29 is 14.2 Å². The first-order chi connectivity index (χ1) is 9.78. The lowest BCUT2D eigenvalue weighted by Gasteiger charge is -2.23. The summed E-state index contributed by atoms with van der Waals surface area (Å²) in [7, 11) is 3.28. The lowest BCUT2D eigenvalue weighted by Crippen LogP contribution is -2.16. The van der Waals surface area contributed by atoms with Gasteiger partial charge in [-0.2, -0.15) is 0 Å². The summed E-state index contributed by atoms with van der Waals surface area (Å²) in [6.45, 7) is 1.18. The molecule has 0 aromatic heterocycles. The SMILES string of the molecule is COc1cc(CN)cc(OC)c1OCC1CCCCC1. The van der Waals surface area contributed by atoms with Crippen molar-refractivity contribution in [3.05, 3.63) is 17.7 Å². The van der Waals surface area contributed by atoms with Crippen LogP contribution in [0.2, 0.25) is 0 Å². The fourth-order valence-corrected chi connectivity index (χ4v) is 2.75. The van der Waals surface area contributed by atoms with Gasteiger partial charge in [0, 0.05) is 6.54 Å². The van der Waals surface area contributed by atoms with Gasteiger partial charge < -0.3 is 19.9 Å². The quantitative estimate of drug-likeness (QED) is 0.869. The molecular formula is C16H25NO3. The Hall–Kier alpha value is -1.42. The number of methoxy groups -OCH3 is 2. The van der Waals surface area contributed by atoms with E-state index in [0.717, 1.165) is 12.2 Å². The van der Waals surface area contributed by atoms with Crippen molar-refractivity contribution in [2.45, 2.75) is 38.6 Å². The van der Waals surface area contributed by atoms with Crippen molar-refractivity contribution in [3.8, 4) is 17.2 Å². The molecular weight excluding hydrogens is 254 g/mol. The number of rotatable bonds is 6. The van der Waals surface area contributed by atoms with Gasteiger partial charge in [0.2, 0.25) is 5.75 Å². The van der Waals surface area contributed by atoms with Crippen LogP contribution in [0.5, 0.6) is 17.2 Å². The molecule has 0 spiro atoms.